The van der Waals surface area contributed by atoms with E-state index < -0.39 is 0 Å². The molecular formula is C20H21ClN2O2. The first-order valence-electron chi connectivity index (χ1n) is 8.13. The third kappa shape index (κ3) is 6.43. The minimum Gasteiger partial charge on any atom is -0.398 e. The number of nitrogens with one attached hydrogen (secondary N) is 1. The molecule has 0 fully saturated rings. The van der Waals surface area contributed by atoms with Crippen molar-refractivity contribution in [1.82, 2.24) is 5.32 Å². The van der Waals surface area contributed by atoms with E-state index in [1.165, 1.54) is 0 Å². The summed E-state index contributed by atoms with van der Waals surface area (Å²) in [6.07, 6.45) is 5.17. The van der Waals surface area contributed by atoms with E-state index in [-0.39, 0.29) is 11.7 Å². The summed E-state index contributed by atoms with van der Waals surface area (Å²) < 4.78 is 0. The highest BCUT2D eigenvalue weighted by Gasteiger charge is 2.05. The Kier molecular flexibility index (Phi) is 7.23. The van der Waals surface area contributed by atoms with Gasteiger partial charge in [-0.25, -0.2) is 0 Å². The normalized spacial score (nSPS) is 10.8. The highest BCUT2D eigenvalue weighted by atomic mass is 35.5. The van der Waals surface area contributed by atoms with Crippen molar-refractivity contribution in [3.05, 3.63) is 76.8 Å². The Bertz CT molecular complexity index is 772. The number of halogens is 1. The fourth-order valence-corrected chi connectivity index (χ4v) is 2.50. The lowest BCUT2D eigenvalue weighted by Crippen LogP contribution is -2.24. The van der Waals surface area contributed by atoms with E-state index in [0.29, 0.717) is 35.7 Å². The van der Waals surface area contributed by atoms with Crippen LogP contribution in [-0.2, 0) is 11.2 Å². The number of hydrogen-bond acceptors (Lipinski definition) is 3. The molecule has 2 aromatic carbocycles. The number of para-hydroxylation sites is 1. The number of hydrogen-bond donors (Lipinski definition) is 2. The Morgan fingerprint density at radius 2 is 1.92 bits per heavy atom. The molecule has 3 N–H and O–H groups in total. The van der Waals surface area contributed by atoms with Crippen LogP contribution in [0, 0.1) is 0 Å². The standard InChI is InChI=1S/C20H21ClN2O2/c21-17-9-6-8-16(13-17)20(25)23-12-5-1-2-10-18(24)14-15-7-3-4-11-19(15)22/h2-4,6-11,13H,1,5,12,14,22H2,(H,23,25)/b10-2+. The topological polar surface area (TPSA) is 72.2 Å². The Morgan fingerprint density at radius 3 is 2.68 bits per heavy atom. The number of allylic oxidation sites excluding steroid dienone is 2. The van der Waals surface area contributed by atoms with E-state index in [0.717, 1.165) is 12.0 Å². The molecule has 0 aromatic heterocycles. The lowest BCUT2D eigenvalue weighted by Gasteiger charge is -2.04. The van der Waals surface area contributed by atoms with Gasteiger partial charge >= 0.3 is 0 Å². The van der Waals surface area contributed by atoms with Crippen molar-refractivity contribution in [3.63, 3.8) is 0 Å². The lowest BCUT2D eigenvalue weighted by atomic mass is 10.1. The van der Waals surface area contributed by atoms with Crippen LogP contribution in [0.15, 0.2) is 60.7 Å². The fourth-order valence-electron chi connectivity index (χ4n) is 2.31. The number of nitrogens with two attached hydrogens (primary N) is 1. The maximum absolute atomic E-state index is 11.9. The largest absolute Gasteiger partial charge is 0.398 e. The monoisotopic (exact) mass is 356 g/mol. The molecule has 0 unspecified atom stereocenters. The van der Waals surface area contributed by atoms with E-state index >= 15 is 0 Å². The predicted octanol–water partition coefficient (Wildman–Crippen LogP) is 3.80. The number of amides is 1. The van der Waals surface area contributed by atoms with Gasteiger partial charge in [0.05, 0.1) is 0 Å². The summed E-state index contributed by atoms with van der Waals surface area (Å²) in [6, 6.07) is 14.2. The van der Waals surface area contributed by atoms with E-state index in [9.17, 15) is 9.59 Å². The molecule has 25 heavy (non-hydrogen) atoms. The molecule has 0 aliphatic rings. The predicted molar refractivity (Wildman–Crippen MR) is 102 cm³/mol. The highest BCUT2D eigenvalue weighted by Crippen LogP contribution is 2.12. The maximum Gasteiger partial charge on any atom is 0.251 e. The average molecular weight is 357 g/mol. The minimum absolute atomic E-state index is 0.0147. The summed E-state index contributed by atoms with van der Waals surface area (Å²) in [5.41, 5.74) is 7.84. The number of carbonyl (C=O) groups is 2. The first-order valence-corrected chi connectivity index (χ1v) is 8.50. The first-order chi connectivity index (χ1) is 12.1. The molecule has 0 aliphatic heterocycles. The van der Waals surface area contributed by atoms with Crippen molar-refractivity contribution in [2.45, 2.75) is 19.3 Å². The molecule has 0 spiro atoms. The van der Waals surface area contributed by atoms with E-state index in [2.05, 4.69) is 5.32 Å². The molecule has 130 valence electrons. The van der Waals surface area contributed by atoms with Gasteiger partial charge in [0.2, 0.25) is 0 Å². The van der Waals surface area contributed by atoms with Crippen LogP contribution in [0.4, 0.5) is 5.69 Å². The number of anilines is 1. The van der Waals surface area contributed by atoms with Gasteiger partial charge in [0.15, 0.2) is 5.78 Å². The molecule has 0 bridgehead atoms. The summed E-state index contributed by atoms with van der Waals surface area (Å²) in [5, 5.41) is 3.36. The number of nitrogen functional groups attached to an aromatic ring is 1. The molecule has 0 radical (unpaired) electrons. The number of unbranched alkanes of at least 4 members (excludes halogenated alkanes) is 1. The molecule has 4 nitrogen and oxygen atoms in total. The van der Waals surface area contributed by atoms with Crippen molar-refractivity contribution in [1.29, 1.82) is 0 Å². The van der Waals surface area contributed by atoms with Gasteiger partial charge in [0, 0.05) is 29.2 Å². The molecule has 1 amide bonds. The zero-order valence-electron chi connectivity index (χ0n) is 13.9. The fraction of sp³-hybridized carbons (Fsp3) is 0.200. The molecular weight excluding hydrogens is 336 g/mol. The molecule has 0 saturated carbocycles. The molecule has 0 heterocycles. The summed E-state index contributed by atoms with van der Waals surface area (Å²) >= 11 is 5.86. The van der Waals surface area contributed by atoms with Crippen molar-refractivity contribution >= 4 is 29.0 Å². The second-order valence-corrected chi connectivity index (χ2v) is 6.09. The van der Waals surface area contributed by atoms with Crippen LogP contribution in [0.3, 0.4) is 0 Å². The van der Waals surface area contributed by atoms with E-state index in [1.54, 1.807) is 36.4 Å². The van der Waals surface area contributed by atoms with Gasteiger partial charge in [-0.3, -0.25) is 9.59 Å². The zero-order valence-corrected chi connectivity index (χ0v) is 14.6. The molecule has 2 rings (SSSR count). The Morgan fingerprint density at radius 1 is 1.12 bits per heavy atom. The van der Waals surface area contributed by atoms with Gasteiger partial charge in [-0.15, -0.1) is 0 Å². The Balaban J connectivity index is 1.67. The SMILES string of the molecule is Nc1ccccc1CC(=O)/C=C/CCCNC(=O)c1cccc(Cl)c1. The summed E-state index contributed by atoms with van der Waals surface area (Å²) in [4.78, 5) is 23.8. The van der Waals surface area contributed by atoms with E-state index in [4.69, 9.17) is 17.3 Å². The van der Waals surface area contributed by atoms with E-state index in [1.807, 2.05) is 24.3 Å². The molecule has 0 atom stereocenters. The van der Waals surface area contributed by atoms with Crippen molar-refractivity contribution in [2.24, 2.45) is 0 Å². The Labute approximate surface area is 152 Å². The van der Waals surface area contributed by atoms with Crippen LogP contribution in [0.1, 0.15) is 28.8 Å². The average Bonchev–Trinajstić information content (AvgIpc) is 2.60. The second kappa shape index (κ2) is 9.64. The number of ketones is 1. The van der Waals surface area contributed by atoms with Gasteiger partial charge in [-0.2, -0.15) is 0 Å². The molecule has 0 saturated heterocycles. The quantitative estimate of drug-likeness (QED) is 0.429. The van der Waals surface area contributed by atoms with Crippen molar-refractivity contribution in [3.8, 4) is 0 Å². The number of carbonyl (C=O) groups excluding carboxylic acids is 2. The maximum atomic E-state index is 11.9. The Hall–Kier alpha value is -2.59. The molecule has 2 aromatic rings. The molecule has 5 heteroatoms. The van der Waals surface area contributed by atoms with Crippen LogP contribution in [0.25, 0.3) is 0 Å². The van der Waals surface area contributed by atoms with Gasteiger partial charge < -0.3 is 11.1 Å². The smallest absolute Gasteiger partial charge is 0.251 e. The highest BCUT2D eigenvalue weighted by molar-refractivity contribution is 6.30. The van der Waals surface area contributed by atoms with Crippen LogP contribution in [0.2, 0.25) is 5.02 Å². The first kappa shape index (κ1) is 18.7. The zero-order chi connectivity index (χ0) is 18.1. The van der Waals surface area contributed by atoms with Crippen LogP contribution < -0.4 is 11.1 Å². The van der Waals surface area contributed by atoms with Crippen LogP contribution >= 0.6 is 11.6 Å². The summed E-state index contributed by atoms with van der Waals surface area (Å²) in [6.45, 7) is 0.537. The third-order valence-corrected chi connectivity index (χ3v) is 3.88. The summed E-state index contributed by atoms with van der Waals surface area (Å²) in [7, 11) is 0. The van der Waals surface area contributed by atoms with Crippen LogP contribution in [0.5, 0.6) is 0 Å². The summed E-state index contributed by atoms with van der Waals surface area (Å²) in [5.74, 6) is -0.136. The second-order valence-electron chi connectivity index (χ2n) is 5.65. The minimum atomic E-state index is -0.151. The third-order valence-electron chi connectivity index (χ3n) is 3.64. The van der Waals surface area contributed by atoms with Gasteiger partial charge in [-0.05, 0) is 48.7 Å². The lowest BCUT2D eigenvalue weighted by molar-refractivity contribution is -0.114. The number of benzene rings is 2. The van der Waals surface area contributed by atoms with Crippen molar-refractivity contribution in [2.75, 3.05) is 12.3 Å². The van der Waals surface area contributed by atoms with Crippen molar-refractivity contribution < 1.29 is 9.59 Å². The van der Waals surface area contributed by atoms with Crippen LogP contribution in [-0.4, -0.2) is 18.2 Å². The van der Waals surface area contributed by atoms with Gasteiger partial charge in [0.25, 0.3) is 5.91 Å². The van der Waals surface area contributed by atoms with Gasteiger partial charge in [0.1, 0.15) is 0 Å². The number of rotatable bonds is 8. The molecule has 0 aliphatic carbocycles. The van der Waals surface area contributed by atoms with Gasteiger partial charge in [-0.1, -0.05) is 41.9 Å².